The van der Waals surface area contributed by atoms with Gasteiger partial charge >= 0.3 is 0 Å². The van der Waals surface area contributed by atoms with Crippen LogP contribution in [0.1, 0.15) is 73.6 Å². The summed E-state index contributed by atoms with van der Waals surface area (Å²) in [6, 6.07) is 0.424. The minimum atomic E-state index is -0.944. The quantitative estimate of drug-likeness (QED) is 0.803. The lowest BCUT2D eigenvalue weighted by Gasteiger charge is -2.35. The Kier molecular flexibility index (Phi) is 6.52. The molecule has 0 spiro atoms. The van der Waals surface area contributed by atoms with Crippen molar-refractivity contribution >= 4 is 11.0 Å². The smallest absolute Gasteiger partial charge is 0.0972 e. The fourth-order valence-corrected chi connectivity index (χ4v) is 3.76. The van der Waals surface area contributed by atoms with E-state index in [1.165, 1.54) is 25.7 Å². The topological polar surface area (TPSA) is 29.1 Å². The Morgan fingerprint density at radius 3 is 2.11 bits per heavy atom. The van der Waals surface area contributed by atoms with Gasteiger partial charge in [-0.15, -0.1) is 0 Å². The van der Waals surface area contributed by atoms with Crippen LogP contribution in [0.3, 0.4) is 0 Å². The summed E-state index contributed by atoms with van der Waals surface area (Å²) >= 11 is 0. The molecule has 0 radical (unpaired) electrons. The molecule has 0 aromatic rings. The summed E-state index contributed by atoms with van der Waals surface area (Å²) in [7, 11) is -0.944. The monoisotopic (exact) mass is 287 g/mol. The largest absolute Gasteiger partial charge is 0.242 e. The average Bonchev–Trinajstić information content (AvgIpc) is 2.27. The van der Waals surface area contributed by atoms with Crippen LogP contribution in [-0.2, 0) is 11.0 Å². The average molecular weight is 288 g/mol. The van der Waals surface area contributed by atoms with Crippen molar-refractivity contribution in [3.8, 4) is 0 Å². The van der Waals surface area contributed by atoms with E-state index in [-0.39, 0.29) is 4.75 Å². The Hall–Kier alpha value is 0.110. The molecule has 0 amide bonds. The molecule has 0 aliphatic heterocycles. The van der Waals surface area contributed by atoms with Crippen molar-refractivity contribution in [1.82, 2.24) is 4.72 Å². The first-order chi connectivity index (χ1) is 8.70. The summed E-state index contributed by atoms with van der Waals surface area (Å²) in [6.45, 7) is 13.0. The summed E-state index contributed by atoms with van der Waals surface area (Å²) in [5.74, 6) is 2.25. The van der Waals surface area contributed by atoms with Gasteiger partial charge in [0.15, 0.2) is 0 Å². The van der Waals surface area contributed by atoms with Crippen LogP contribution < -0.4 is 4.72 Å². The number of rotatable bonds is 5. The van der Waals surface area contributed by atoms with Crippen LogP contribution in [0.4, 0.5) is 0 Å². The van der Waals surface area contributed by atoms with Crippen molar-refractivity contribution in [2.24, 2.45) is 17.8 Å². The second-order valence-corrected chi connectivity index (χ2v) is 9.75. The molecule has 2 atom stereocenters. The second kappa shape index (κ2) is 7.21. The third-order valence-corrected chi connectivity index (χ3v) is 5.80. The van der Waals surface area contributed by atoms with E-state index in [9.17, 15) is 4.21 Å². The first-order valence-electron chi connectivity index (χ1n) is 7.88. The Bertz CT molecular complexity index is 288. The molecule has 0 bridgehead atoms. The first kappa shape index (κ1) is 17.2. The molecule has 3 heteroatoms. The minimum absolute atomic E-state index is 0.169. The number of nitrogens with one attached hydrogen (secondary N) is 1. The zero-order chi connectivity index (χ0) is 14.6. The van der Waals surface area contributed by atoms with Crippen LogP contribution in [0.2, 0.25) is 0 Å². The Labute approximate surface area is 122 Å². The highest BCUT2D eigenvalue weighted by Crippen LogP contribution is 2.33. The molecule has 0 aromatic carbocycles. The van der Waals surface area contributed by atoms with Crippen LogP contribution in [0.15, 0.2) is 0 Å². The van der Waals surface area contributed by atoms with Gasteiger partial charge < -0.3 is 0 Å². The van der Waals surface area contributed by atoms with Crippen LogP contribution in [0.5, 0.6) is 0 Å². The van der Waals surface area contributed by atoms with Gasteiger partial charge in [0.05, 0.1) is 15.7 Å². The van der Waals surface area contributed by atoms with E-state index in [2.05, 4.69) is 25.5 Å². The van der Waals surface area contributed by atoms with Crippen molar-refractivity contribution in [2.75, 3.05) is 0 Å². The molecule has 1 N–H and O–H groups in total. The maximum Gasteiger partial charge on any atom is 0.0972 e. The van der Waals surface area contributed by atoms with Gasteiger partial charge in [0.25, 0.3) is 0 Å². The highest BCUT2D eigenvalue weighted by atomic mass is 32.2. The van der Waals surface area contributed by atoms with Gasteiger partial charge in [0.1, 0.15) is 0 Å². The molecule has 114 valence electrons. The molecule has 1 fully saturated rings. The summed E-state index contributed by atoms with van der Waals surface area (Å²) < 4.78 is 15.6. The number of hydrogen-bond acceptors (Lipinski definition) is 1. The molecular formula is C16H33NOS. The van der Waals surface area contributed by atoms with Gasteiger partial charge in [-0.1, -0.05) is 33.6 Å². The van der Waals surface area contributed by atoms with Crippen LogP contribution in [0.25, 0.3) is 0 Å². The molecule has 2 nitrogen and oxygen atoms in total. The zero-order valence-electron chi connectivity index (χ0n) is 13.7. The van der Waals surface area contributed by atoms with E-state index < -0.39 is 11.0 Å². The van der Waals surface area contributed by atoms with Crippen molar-refractivity contribution in [2.45, 2.75) is 84.4 Å². The molecule has 0 aromatic heterocycles. The zero-order valence-corrected chi connectivity index (χ0v) is 14.5. The van der Waals surface area contributed by atoms with Gasteiger partial charge in [-0.05, 0) is 57.8 Å². The standard InChI is InChI=1S/C16H33NOS/c1-12(2)11-15(17-19(18)16(4,5)6)14-9-7-13(3)8-10-14/h12-15,17H,7-11H2,1-6H3. The highest BCUT2D eigenvalue weighted by molar-refractivity contribution is 7.84. The maximum absolute atomic E-state index is 12.4. The van der Waals surface area contributed by atoms with E-state index in [1.54, 1.807) is 0 Å². The third kappa shape index (κ3) is 5.95. The van der Waals surface area contributed by atoms with Gasteiger partial charge in [-0.3, -0.25) is 0 Å². The molecule has 0 saturated heterocycles. The van der Waals surface area contributed by atoms with Crippen molar-refractivity contribution in [1.29, 1.82) is 0 Å². The maximum atomic E-state index is 12.4. The van der Waals surface area contributed by atoms with E-state index in [0.717, 1.165) is 12.3 Å². The lowest BCUT2D eigenvalue weighted by atomic mass is 9.77. The first-order valence-corrected chi connectivity index (χ1v) is 9.03. The van der Waals surface area contributed by atoms with E-state index in [0.29, 0.717) is 17.9 Å². The summed E-state index contributed by atoms with van der Waals surface area (Å²) in [5.41, 5.74) is 0. The predicted octanol–water partition coefficient (Wildman–Crippen LogP) is 4.28. The molecule has 1 aliphatic carbocycles. The normalized spacial score (nSPS) is 28.4. The molecule has 1 rings (SSSR count). The van der Waals surface area contributed by atoms with Crippen LogP contribution >= 0.6 is 0 Å². The highest BCUT2D eigenvalue weighted by Gasteiger charge is 2.30. The lowest BCUT2D eigenvalue weighted by molar-refractivity contribution is 0.228. The van der Waals surface area contributed by atoms with E-state index >= 15 is 0 Å². The fraction of sp³-hybridized carbons (Fsp3) is 1.00. The van der Waals surface area contributed by atoms with Gasteiger partial charge in [-0.25, -0.2) is 8.93 Å². The lowest BCUT2D eigenvalue weighted by Crippen LogP contribution is -2.45. The predicted molar refractivity (Wildman–Crippen MR) is 85.4 cm³/mol. The van der Waals surface area contributed by atoms with Gasteiger partial charge in [0, 0.05) is 6.04 Å². The summed E-state index contributed by atoms with van der Waals surface area (Å²) in [5, 5.41) is 0. The molecule has 0 heterocycles. The molecule has 1 aliphatic rings. The van der Waals surface area contributed by atoms with Crippen LogP contribution in [-0.4, -0.2) is 15.0 Å². The Balaban J connectivity index is 2.64. The number of hydrogen-bond donors (Lipinski definition) is 1. The Morgan fingerprint density at radius 2 is 1.68 bits per heavy atom. The molecular weight excluding hydrogens is 254 g/mol. The van der Waals surface area contributed by atoms with Crippen molar-refractivity contribution in [3.63, 3.8) is 0 Å². The third-order valence-electron chi connectivity index (χ3n) is 4.17. The second-order valence-electron chi connectivity index (χ2n) is 7.75. The van der Waals surface area contributed by atoms with Crippen molar-refractivity contribution < 1.29 is 4.21 Å². The fourth-order valence-electron chi connectivity index (χ4n) is 2.85. The van der Waals surface area contributed by atoms with Gasteiger partial charge in [-0.2, -0.15) is 0 Å². The Morgan fingerprint density at radius 1 is 1.16 bits per heavy atom. The molecule has 1 saturated carbocycles. The van der Waals surface area contributed by atoms with Crippen LogP contribution in [0, 0.1) is 17.8 Å². The minimum Gasteiger partial charge on any atom is -0.242 e. The van der Waals surface area contributed by atoms with E-state index in [1.807, 2.05) is 20.8 Å². The molecule has 19 heavy (non-hydrogen) atoms. The summed E-state index contributed by atoms with van der Waals surface area (Å²) in [6.07, 6.45) is 6.41. The SMILES string of the molecule is CC(C)CC(NS(=O)C(C)(C)C)C1CCC(C)CC1. The van der Waals surface area contributed by atoms with E-state index in [4.69, 9.17) is 0 Å². The van der Waals surface area contributed by atoms with Crippen molar-refractivity contribution in [3.05, 3.63) is 0 Å². The van der Waals surface area contributed by atoms with Gasteiger partial charge in [0.2, 0.25) is 0 Å². The summed E-state index contributed by atoms with van der Waals surface area (Å²) in [4.78, 5) is 0. The molecule has 2 unspecified atom stereocenters.